The van der Waals surface area contributed by atoms with E-state index in [2.05, 4.69) is 5.32 Å². The first-order chi connectivity index (χ1) is 13.2. The van der Waals surface area contributed by atoms with Crippen molar-refractivity contribution in [2.75, 3.05) is 33.0 Å². The quantitative estimate of drug-likeness (QED) is 0.779. The zero-order valence-electron chi connectivity index (χ0n) is 15.1. The van der Waals surface area contributed by atoms with E-state index >= 15 is 0 Å². The predicted molar refractivity (Wildman–Crippen MR) is 98.6 cm³/mol. The number of hydrogen-bond donors (Lipinski definition) is 2. The molecule has 0 aliphatic carbocycles. The third-order valence-electron chi connectivity index (χ3n) is 5.24. The Labute approximate surface area is 158 Å². The molecular weight excluding hydrogens is 349 g/mol. The second kappa shape index (κ2) is 7.84. The van der Waals surface area contributed by atoms with Gasteiger partial charge in [0.1, 0.15) is 18.5 Å². The number of ether oxygens (including phenoxy) is 3. The normalized spacial score (nSPS) is 21.3. The van der Waals surface area contributed by atoms with Gasteiger partial charge in [-0.1, -0.05) is 24.3 Å². The first kappa shape index (κ1) is 18.2. The third-order valence-corrected chi connectivity index (χ3v) is 5.24. The van der Waals surface area contributed by atoms with Crippen molar-refractivity contribution in [1.82, 2.24) is 5.32 Å². The Bertz CT molecular complexity index is 758. The van der Waals surface area contributed by atoms with Crippen LogP contribution in [0.15, 0.2) is 48.5 Å². The molecule has 0 spiro atoms. The summed E-state index contributed by atoms with van der Waals surface area (Å²) >= 11 is 0. The van der Waals surface area contributed by atoms with Crippen molar-refractivity contribution in [2.45, 2.75) is 18.6 Å². The maximum absolute atomic E-state index is 13.2. The van der Waals surface area contributed by atoms with E-state index in [4.69, 9.17) is 14.2 Å². The molecule has 0 aromatic heterocycles. The van der Waals surface area contributed by atoms with Crippen molar-refractivity contribution in [3.05, 3.63) is 59.9 Å². The molecule has 2 aromatic carbocycles. The lowest BCUT2D eigenvalue weighted by Crippen LogP contribution is -2.57. The maximum Gasteiger partial charge on any atom is 0.161 e. The number of benzene rings is 2. The van der Waals surface area contributed by atoms with E-state index < -0.39 is 0 Å². The topological polar surface area (TPSA) is 60.0 Å². The second-order valence-electron chi connectivity index (χ2n) is 7.38. The van der Waals surface area contributed by atoms with Crippen molar-refractivity contribution in [3.63, 3.8) is 0 Å². The smallest absolute Gasteiger partial charge is 0.161 e. The van der Waals surface area contributed by atoms with Crippen LogP contribution in [0.1, 0.15) is 5.56 Å². The van der Waals surface area contributed by atoms with Gasteiger partial charge in [-0.05, 0) is 36.2 Å². The van der Waals surface area contributed by atoms with Gasteiger partial charge < -0.3 is 24.6 Å². The van der Waals surface area contributed by atoms with Crippen molar-refractivity contribution in [2.24, 2.45) is 5.41 Å². The number of nitrogens with one attached hydrogen (secondary N) is 1. The molecule has 1 saturated heterocycles. The highest BCUT2D eigenvalue weighted by Crippen LogP contribution is 2.32. The summed E-state index contributed by atoms with van der Waals surface area (Å²) < 4.78 is 30.6. The SMILES string of the molecule is OCC1(CNC(Cc2ccc(F)cc2)C2COc3ccccc3O2)COC1. The summed E-state index contributed by atoms with van der Waals surface area (Å²) in [5.41, 5.74) is 0.772. The van der Waals surface area contributed by atoms with Crippen LogP contribution < -0.4 is 14.8 Å². The van der Waals surface area contributed by atoms with E-state index in [1.54, 1.807) is 12.1 Å². The summed E-state index contributed by atoms with van der Waals surface area (Å²) in [6.45, 7) is 2.22. The molecule has 2 aliphatic rings. The van der Waals surface area contributed by atoms with Crippen molar-refractivity contribution in [3.8, 4) is 11.5 Å². The van der Waals surface area contributed by atoms with Crippen LogP contribution in [0, 0.1) is 11.2 Å². The van der Waals surface area contributed by atoms with E-state index in [0.717, 1.165) is 17.1 Å². The molecule has 6 heteroatoms. The molecule has 2 atom stereocenters. The number of aliphatic hydroxyl groups is 1. The van der Waals surface area contributed by atoms with Gasteiger partial charge in [-0.25, -0.2) is 4.39 Å². The summed E-state index contributed by atoms with van der Waals surface area (Å²) in [5.74, 6) is 1.22. The Morgan fingerprint density at radius 1 is 1.11 bits per heavy atom. The van der Waals surface area contributed by atoms with Crippen LogP contribution in [-0.2, 0) is 11.2 Å². The summed E-state index contributed by atoms with van der Waals surface area (Å²) in [6, 6.07) is 14.1. The zero-order chi connectivity index (χ0) is 18.7. The zero-order valence-corrected chi connectivity index (χ0v) is 15.1. The van der Waals surface area contributed by atoms with Gasteiger partial charge in [0.15, 0.2) is 11.5 Å². The minimum atomic E-state index is -0.250. The first-order valence-electron chi connectivity index (χ1n) is 9.22. The van der Waals surface area contributed by atoms with Crippen LogP contribution in [0.5, 0.6) is 11.5 Å². The lowest BCUT2D eigenvalue weighted by atomic mass is 9.86. The molecule has 27 heavy (non-hydrogen) atoms. The fourth-order valence-electron chi connectivity index (χ4n) is 3.43. The molecule has 2 unspecified atom stereocenters. The molecule has 2 heterocycles. The second-order valence-corrected chi connectivity index (χ2v) is 7.38. The Balaban J connectivity index is 1.49. The molecule has 5 nitrogen and oxygen atoms in total. The predicted octanol–water partition coefficient (Wildman–Crippen LogP) is 2.18. The largest absolute Gasteiger partial charge is 0.486 e. The number of fused-ring (bicyclic) bond motifs is 1. The summed E-state index contributed by atoms with van der Waals surface area (Å²) in [7, 11) is 0. The van der Waals surface area contributed by atoms with Crippen molar-refractivity contribution < 1.29 is 23.7 Å². The number of hydrogen-bond acceptors (Lipinski definition) is 5. The highest BCUT2D eigenvalue weighted by Gasteiger charge is 2.39. The Morgan fingerprint density at radius 3 is 2.52 bits per heavy atom. The molecule has 2 aliphatic heterocycles. The molecule has 0 bridgehead atoms. The van der Waals surface area contributed by atoms with Crippen molar-refractivity contribution >= 4 is 0 Å². The fourth-order valence-corrected chi connectivity index (χ4v) is 3.43. The van der Waals surface area contributed by atoms with Crippen LogP contribution in [0.3, 0.4) is 0 Å². The van der Waals surface area contributed by atoms with E-state index in [1.165, 1.54) is 12.1 Å². The van der Waals surface area contributed by atoms with E-state index in [0.29, 0.717) is 32.8 Å². The highest BCUT2D eigenvalue weighted by atomic mass is 19.1. The van der Waals surface area contributed by atoms with Crippen LogP contribution in [0.4, 0.5) is 4.39 Å². The maximum atomic E-state index is 13.2. The molecule has 1 fully saturated rings. The minimum Gasteiger partial charge on any atom is -0.486 e. The third kappa shape index (κ3) is 4.08. The van der Waals surface area contributed by atoms with E-state index in [9.17, 15) is 9.50 Å². The summed E-state index contributed by atoms with van der Waals surface area (Å²) in [5, 5.41) is 13.2. The van der Waals surface area contributed by atoms with Gasteiger partial charge in [0, 0.05) is 6.54 Å². The van der Waals surface area contributed by atoms with Crippen molar-refractivity contribution in [1.29, 1.82) is 0 Å². The summed E-state index contributed by atoms with van der Waals surface area (Å²) in [4.78, 5) is 0. The Hall–Kier alpha value is -2.15. The van der Waals surface area contributed by atoms with Crippen LogP contribution in [-0.4, -0.2) is 50.2 Å². The highest BCUT2D eigenvalue weighted by molar-refractivity contribution is 5.41. The van der Waals surface area contributed by atoms with Gasteiger partial charge in [0.05, 0.1) is 31.3 Å². The van der Waals surface area contributed by atoms with E-state index in [1.807, 2.05) is 24.3 Å². The lowest BCUT2D eigenvalue weighted by molar-refractivity contribution is -0.136. The molecule has 2 N–H and O–H groups in total. The van der Waals surface area contributed by atoms with Crippen LogP contribution in [0.25, 0.3) is 0 Å². The number of halogens is 1. The summed E-state index contributed by atoms with van der Waals surface area (Å²) in [6.07, 6.45) is 0.473. The average Bonchev–Trinajstić information content (AvgIpc) is 2.67. The number of para-hydroxylation sites is 2. The number of aliphatic hydroxyl groups excluding tert-OH is 1. The van der Waals surface area contributed by atoms with Gasteiger partial charge in [0.25, 0.3) is 0 Å². The fraction of sp³-hybridized carbons (Fsp3) is 0.429. The Kier molecular flexibility index (Phi) is 5.29. The van der Waals surface area contributed by atoms with Gasteiger partial charge in [0.2, 0.25) is 0 Å². The molecular formula is C21H24FNO4. The average molecular weight is 373 g/mol. The molecule has 2 aromatic rings. The molecule has 0 amide bonds. The molecule has 0 radical (unpaired) electrons. The molecule has 144 valence electrons. The van der Waals surface area contributed by atoms with Crippen LogP contribution in [0.2, 0.25) is 0 Å². The standard InChI is InChI=1S/C21H24FNO4/c22-16-7-5-15(6-8-16)9-17(23-11-21(12-24)13-25-14-21)20-10-26-18-3-1-2-4-19(18)27-20/h1-8,17,20,23-24H,9-14H2. The monoisotopic (exact) mass is 373 g/mol. The first-order valence-corrected chi connectivity index (χ1v) is 9.22. The van der Waals surface area contributed by atoms with Gasteiger partial charge in [-0.2, -0.15) is 0 Å². The van der Waals surface area contributed by atoms with E-state index in [-0.39, 0.29) is 30.0 Å². The Morgan fingerprint density at radius 2 is 1.85 bits per heavy atom. The van der Waals surface area contributed by atoms with Gasteiger partial charge in [-0.15, -0.1) is 0 Å². The minimum absolute atomic E-state index is 0.0483. The lowest BCUT2D eigenvalue weighted by Gasteiger charge is -2.42. The molecule has 4 rings (SSSR count). The van der Waals surface area contributed by atoms with Crippen LogP contribution >= 0.6 is 0 Å². The number of rotatable bonds is 7. The molecule has 0 saturated carbocycles. The van der Waals surface area contributed by atoms with Gasteiger partial charge in [-0.3, -0.25) is 0 Å². The van der Waals surface area contributed by atoms with Gasteiger partial charge >= 0.3 is 0 Å².